The Kier molecular flexibility index (Phi) is 5.46. The molecule has 1 aliphatic rings. The molecule has 0 unspecified atom stereocenters. The van der Waals surface area contributed by atoms with Gasteiger partial charge in [0.1, 0.15) is 5.75 Å². The number of hydrogen-bond acceptors (Lipinski definition) is 7. The SMILES string of the molecule is COc1ccc(Nc2nncc(N3CCN(c4cccc(C)c4C)CC3)n2)cc1. The number of rotatable bonds is 5. The van der Waals surface area contributed by atoms with Crippen LogP contribution in [0.5, 0.6) is 5.75 Å². The molecule has 1 aromatic heterocycles. The summed E-state index contributed by atoms with van der Waals surface area (Å²) in [6.45, 7) is 8.06. The maximum atomic E-state index is 5.19. The Labute approximate surface area is 171 Å². The van der Waals surface area contributed by atoms with Gasteiger partial charge in [-0.25, -0.2) is 0 Å². The van der Waals surface area contributed by atoms with E-state index in [1.165, 1.54) is 16.8 Å². The average molecular weight is 390 g/mol. The van der Waals surface area contributed by atoms with Gasteiger partial charge in [-0.2, -0.15) is 10.1 Å². The summed E-state index contributed by atoms with van der Waals surface area (Å²) < 4.78 is 5.19. The summed E-state index contributed by atoms with van der Waals surface area (Å²) in [6.07, 6.45) is 1.73. The molecular formula is C22H26N6O. The smallest absolute Gasteiger partial charge is 0.249 e. The van der Waals surface area contributed by atoms with Gasteiger partial charge in [0.2, 0.25) is 5.95 Å². The van der Waals surface area contributed by atoms with Crippen LogP contribution in [0, 0.1) is 13.8 Å². The first-order valence-corrected chi connectivity index (χ1v) is 9.81. The summed E-state index contributed by atoms with van der Waals surface area (Å²) in [7, 11) is 1.65. The quantitative estimate of drug-likeness (QED) is 0.714. The van der Waals surface area contributed by atoms with Crippen LogP contribution in [0.3, 0.4) is 0 Å². The van der Waals surface area contributed by atoms with Crippen molar-refractivity contribution in [2.75, 3.05) is 48.4 Å². The van der Waals surface area contributed by atoms with E-state index >= 15 is 0 Å². The summed E-state index contributed by atoms with van der Waals surface area (Å²) in [4.78, 5) is 9.36. The first-order valence-electron chi connectivity index (χ1n) is 9.81. The van der Waals surface area contributed by atoms with Crippen LogP contribution in [-0.2, 0) is 0 Å². The maximum absolute atomic E-state index is 5.19. The van der Waals surface area contributed by atoms with Crippen molar-refractivity contribution in [3.63, 3.8) is 0 Å². The molecule has 0 aliphatic carbocycles. The number of anilines is 4. The number of hydrogen-bond donors (Lipinski definition) is 1. The van der Waals surface area contributed by atoms with Gasteiger partial charge in [0.05, 0.1) is 13.3 Å². The molecule has 2 heterocycles. The predicted molar refractivity (Wildman–Crippen MR) is 116 cm³/mol. The van der Waals surface area contributed by atoms with Crippen LogP contribution in [0.4, 0.5) is 23.1 Å². The van der Waals surface area contributed by atoms with E-state index in [1.807, 2.05) is 24.3 Å². The van der Waals surface area contributed by atoms with Gasteiger partial charge < -0.3 is 19.9 Å². The molecule has 0 spiro atoms. The lowest BCUT2D eigenvalue weighted by Gasteiger charge is -2.37. The van der Waals surface area contributed by atoms with E-state index in [1.54, 1.807) is 13.3 Å². The number of aryl methyl sites for hydroxylation is 1. The van der Waals surface area contributed by atoms with Crippen LogP contribution < -0.4 is 19.9 Å². The van der Waals surface area contributed by atoms with E-state index in [0.717, 1.165) is 43.4 Å². The molecule has 7 nitrogen and oxygen atoms in total. The van der Waals surface area contributed by atoms with Crippen molar-refractivity contribution < 1.29 is 4.74 Å². The van der Waals surface area contributed by atoms with Gasteiger partial charge in [-0.15, -0.1) is 5.10 Å². The van der Waals surface area contributed by atoms with Crippen LogP contribution >= 0.6 is 0 Å². The fourth-order valence-corrected chi connectivity index (χ4v) is 3.56. The van der Waals surface area contributed by atoms with Crippen LogP contribution in [0.25, 0.3) is 0 Å². The highest BCUT2D eigenvalue weighted by atomic mass is 16.5. The zero-order valence-corrected chi connectivity index (χ0v) is 17.1. The second-order valence-corrected chi connectivity index (χ2v) is 7.18. The molecule has 0 saturated carbocycles. The number of piperazine rings is 1. The Morgan fingerprint density at radius 2 is 1.66 bits per heavy atom. The van der Waals surface area contributed by atoms with Gasteiger partial charge in [0.15, 0.2) is 5.82 Å². The number of nitrogens with one attached hydrogen (secondary N) is 1. The zero-order chi connectivity index (χ0) is 20.2. The Hall–Kier alpha value is -3.35. The van der Waals surface area contributed by atoms with Crippen LogP contribution in [0.15, 0.2) is 48.7 Å². The summed E-state index contributed by atoms with van der Waals surface area (Å²) in [5, 5.41) is 11.5. The Balaban J connectivity index is 1.42. The van der Waals surface area contributed by atoms with Gasteiger partial charge in [-0.3, -0.25) is 0 Å². The number of nitrogens with zero attached hydrogens (tertiary/aromatic N) is 5. The standard InChI is InChI=1S/C22H26N6O/c1-16-5-4-6-20(17(16)2)27-11-13-28(14-12-27)21-15-23-26-22(25-21)24-18-7-9-19(29-3)10-8-18/h4-10,15H,11-14H2,1-3H3,(H,24,25,26). The highest BCUT2D eigenvalue weighted by molar-refractivity contribution is 5.58. The van der Waals surface area contributed by atoms with Gasteiger partial charge in [-0.05, 0) is 55.3 Å². The molecule has 1 fully saturated rings. The fourth-order valence-electron chi connectivity index (χ4n) is 3.56. The minimum Gasteiger partial charge on any atom is -0.497 e. The molecule has 0 bridgehead atoms. The van der Waals surface area contributed by atoms with Crippen molar-refractivity contribution in [1.29, 1.82) is 0 Å². The molecule has 1 aliphatic heterocycles. The van der Waals surface area contributed by atoms with Crippen LogP contribution in [0.1, 0.15) is 11.1 Å². The first kappa shape index (κ1) is 19.0. The Bertz CT molecular complexity index is 967. The third-order valence-corrected chi connectivity index (χ3v) is 5.41. The van der Waals surface area contributed by atoms with Crippen molar-refractivity contribution in [3.8, 4) is 5.75 Å². The van der Waals surface area contributed by atoms with Gasteiger partial charge in [0, 0.05) is 37.6 Å². The zero-order valence-electron chi connectivity index (χ0n) is 17.1. The van der Waals surface area contributed by atoms with Gasteiger partial charge >= 0.3 is 0 Å². The molecule has 0 radical (unpaired) electrons. The molecule has 2 aromatic carbocycles. The molecule has 7 heteroatoms. The third kappa shape index (κ3) is 4.23. The van der Waals surface area contributed by atoms with E-state index in [9.17, 15) is 0 Å². The van der Waals surface area contributed by atoms with Crippen LogP contribution in [0.2, 0.25) is 0 Å². The van der Waals surface area contributed by atoms with Crippen molar-refractivity contribution >= 4 is 23.1 Å². The monoisotopic (exact) mass is 390 g/mol. The molecule has 150 valence electrons. The van der Waals surface area contributed by atoms with Gasteiger partial charge in [0.25, 0.3) is 0 Å². The minimum atomic E-state index is 0.490. The minimum absolute atomic E-state index is 0.490. The number of benzene rings is 2. The highest BCUT2D eigenvalue weighted by Gasteiger charge is 2.20. The van der Waals surface area contributed by atoms with E-state index in [0.29, 0.717) is 5.95 Å². The van der Waals surface area contributed by atoms with E-state index in [-0.39, 0.29) is 0 Å². The highest BCUT2D eigenvalue weighted by Crippen LogP contribution is 2.25. The molecule has 4 rings (SSSR count). The lowest BCUT2D eigenvalue weighted by Crippen LogP contribution is -2.47. The summed E-state index contributed by atoms with van der Waals surface area (Å²) in [5.74, 6) is 2.14. The summed E-state index contributed by atoms with van der Waals surface area (Å²) >= 11 is 0. The predicted octanol–water partition coefficient (Wildman–Crippen LogP) is 3.57. The molecule has 29 heavy (non-hydrogen) atoms. The van der Waals surface area contributed by atoms with E-state index < -0.39 is 0 Å². The fraction of sp³-hybridized carbons (Fsp3) is 0.318. The van der Waals surface area contributed by atoms with Crippen molar-refractivity contribution in [2.24, 2.45) is 0 Å². The van der Waals surface area contributed by atoms with Crippen molar-refractivity contribution in [2.45, 2.75) is 13.8 Å². The molecule has 1 saturated heterocycles. The lowest BCUT2D eigenvalue weighted by atomic mass is 10.1. The number of ether oxygens (including phenoxy) is 1. The van der Waals surface area contributed by atoms with E-state index in [4.69, 9.17) is 4.74 Å². The first-order chi connectivity index (χ1) is 14.1. The Morgan fingerprint density at radius 3 is 2.38 bits per heavy atom. The molecular weight excluding hydrogens is 364 g/mol. The normalized spacial score (nSPS) is 14.0. The average Bonchev–Trinajstić information content (AvgIpc) is 2.77. The number of aromatic nitrogens is 3. The molecule has 0 amide bonds. The van der Waals surface area contributed by atoms with Crippen LogP contribution in [-0.4, -0.2) is 48.5 Å². The summed E-state index contributed by atoms with van der Waals surface area (Å²) in [5.41, 5.74) is 4.91. The second-order valence-electron chi connectivity index (χ2n) is 7.18. The Morgan fingerprint density at radius 1 is 0.931 bits per heavy atom. The molecule has 1 N–H and O–H groups in total. The third-order valence-electron chi connectivity index (χ3n) is 5.41. The number of methoxy groups -OCH3 is 1. The van der Waals surface area contributed by atoms with Gasteiger partial charge in [-0.1, -0.05) is 12.1 Å². The molecule has 3 aromatic rings. The largest absolute Gasteiger partial charge is 0.497 e. The summed E-state index contributed by atoms with van der Waals surface area (Å²) in [6, 6.07) is 14.2. The topological polar surface area (TPSA) is 66.4 Å². The van der Waals surface area contributed by atoms with Crippen molar-refractivity contribution in [1.82, 2.24) is 15.2 Å². The van der Waals surface area contributed by atoms with E-state index in [2.05, 4.69) is 62.3 Å². The molecule has 0 atom stereocenters. The maximum Gasteiger partial charge on any atom is 0.249 e. The second kappa shape index (κ2) is 8.34. The lowest BCUT2D eigenvalue weighted by molar-refractivity contribution is 0.415. The van der Waals surface area contributed by atoms with Crippen molar-refractivity contribution in [3.05, 3.63) is 59.8 Å².